The standard InChI is InChI=1S/C21H21N3O3/c1-14(25)22-19(12-15-8-4-2-5-9-15)21(27)24-23-20(26)18-13-17(18)16-10-6-3-7-11-16/h2-12,17-18H,13H2,1H3,(H,22,25)(H,23,26)(H,24,27)/b19-12-/t17-,18-/m1/s1. The highest BCUT2D eigenvalue weighted by molar-refractivity contribution is 6.01. The lowest BCUT2D eigenvalue weighted by Crippen LogP contribution is -2.45. The zero-order valence-corrected chi connectivity index (χ0v) is 14.9. The molecular formula is C21H21N3O3. The third-order valence-electron chi connectivity index (χ3n) is 4.32. The zero-order valence-electron chi connectivity index (χ0n) is 14.9. The Kier molecular flexibility index (Phi) is 5.66. The van der Waals surface area contributed by atoms with Gasteiger partial charge in [-0.15, -0.1) is 0 Å². The lowest BCUT2D eigenvalue weighted by atomic mass is 10.1. The van der Waals surface area contributed by atoms with Gasteiger partial charge in [-0.1, -0.05) is 60.7 Å². The van der Waals surface area contributed by atoms with Crippen LogP contribution in [0.4, 0.5) is 0 Å². The molecule has 138 valence electrons. The first-order valence-corrected chi connectivity index (χ1v) is 8.74. The Morgan fingerprint density at radius 3 is 2.19 bits per heavy atom. The van der Waals surface area contributed by atoms with E-state index in [2.05, 4.69) is 16.2 Å². The van der Waals surface area contributed by atoms with Crippen molar-refractivity contribution in [1.82, 2.24) is 16.2 Å². The van der Waals surface area contributed by atoms with Crippen molar-refractivity contribution in [3.05, 3.63) is 77.5 Å². The second kappa shape index (κ2) is 8.31. The Bertz CT molecular complexity index is 863. The van der Waals surface area contributed by atoms with Gasteiger partial charge >= 0.3 is 0 Å². The van der Waals surface area contributed by atoms with Crippen LogP contribution in [0.15, 0.2) is 66.4 Å². The number of hydrazine groups is 1. The summed E-state index contributed by atoms with van der Waals surface area (Å²) in [5.74, 6) is -1.17. The largest absolute Gasteiger partial charge is 0.322 e. The van der Waals surface area contributed by atoms with E-state index in [1.165, 1.54) is 6.92 Å². The first-order valence-electron chi connectivity index (χ1n) is 8.74. The maximum Gasteiger partial charge on any atom is 0.286 e. The fourth-order valence-corrected chi connectivity index (χ4v) is 2.90. The number of benzene rings is 2. The van der Waals surface area contributed by atoms with Crippen LogP contribution >= 0.6 is 0 Å². The number of rotatable bonds is 5. The van der Waals surface area contributed by atoms with Gasteiger partial charge in [0, 0.05) is 12.8 Å². The number of carbonyl (C=O) groups excluding carboxylic acids is 3. The van der Waals surface area contributed by atoms with E-state index in [-0.39, 0.29) is 29.3 Å². The second-order valence-electron chi connectivity index (χ2n) is 6.45. The van der Waals surface area contributed by atoms with Crippen molar-refractivity contribution in [2.24, 2.45) is 5.92 Å². The highest BCUT2D eigenvalue weighted by atomic mass is 16.2. The van der Waals surface area contributed by atoms with E-state index in [4.69, 9.17) is 0 Å². The second-order valence-corrected chi connectivity index (χ2v) is 6.45. The summed E-state index contributed by atoms with van der Waals surface area (Å²) in [7, 11) is 0. The topological polar surface area (TPSA) is 87.3 Å². The van der Waals surface area contributed by atoms with E-state index < -0.39 is 5.91 Å². The molecule has 0 unspecified atom stereocenters. The number of hydrogen-bond acceptors (Lipinski definition) is 3. The molecule has 0 bridgehead atoms. The minimum absolute atomic E-state index is 0.0596. The third-order valence-corrected chi connectivity index (χ3v) is 4.32. The number of amides is 3. The van der Waals surface area contributed by atoms with Crippen molar-refractivity contribution in [3.63, 3.8) is 0 Å². The van der Waals surface area contributed by atoms with Gasteiger partial charge in [0.2, 0.25) is 11.8 Å². The molecule has 3 rings (SSSR count). The Balaban J connectivity index is 1.59. The van der Waals surface area contributed by atoms with Gasteiger partial charge in [-0.25, -0.2) is 0 Å². The summed E-state index contributed by atoms with van der Waals surface area (Å²) in [6.45, 7) is 1.32. The Morgan fingerprint density at radius 2 is 1.56 bits per heavy atom. The van der Waals surface area contributed by atoms with Gasteiger partial charge in [0.15, 0.2) is 0 Å². The molecule has 1 fully saturated rings. The highest BCUT2D eigenvalue weighted by Crippen LogP contribution is 2.47. The van der Waals surface area contributed by atoms with Crippen molar-refractivity contribution >= 4 is 23.8 Å². The van der Waals surface area contributed by atoms with E-state index in [0.29, 0.717) is 0 Å². The predicted octanol–water partition coefficient (Wildman–Crippen LogP) is 2.11. The Hall–Kier alpha value is -3.41. The van der Waals surface area contributed by atoms with Gasteiger partial charge in [0.05, 0.1) is 0 Å². The molecule has 0 spiro atoms. The van der Waals surface area contributed by atoms with E-state index in [0.717, 1.165) is 17.5 Å². The molecule has 0 aromatic heterocycles. The number of carbonyl (C=O) groups is 3. The minimum atomic E-state index is -0.584. The number of hydrogen-bond donors (Lipinski definition) is 3. The molecule has 3 amide bonds. The first kappa shape index (κ1) is 18.4. The molecule has 2 aromatic rings. The molecule has 6 heteroatoms. The zero-order chi connectivity index (χ0) is 19.2. The monoisotopic (exact) mass is 363 g/mol. The van der Waals surface area contributed by atoms with Crippen LogP contribution in [0, 0.1) is 5.92 Å². The van der Waals surface area contributed by atoms with Crippen LogP contribution in [-0.4, -0.2) is 17.7 Å². The maximum atomic E-state index is 12.4. The van der Waals surface area contributed by atoms with Gasteiger partial charge in [0.25, 0.3) is 5.91 Å². The van der Waals surface area contributed by atoms with E-state index >= 15 is 0 Å². The van der Waals surface area contributed by atoms with Gasteiger partial charge in [-0.3, -0.25) is 25.2 Å². The highest BCUT2D eigenvalue weighted by Gasteiger charge is 2.44. The molecule has 0 heterocycles. The molecule has 1 saturated carbocycles. The lowest BCUT2D eigenvalue weighted by Gasteiger charge is -2.11. The fraction of sp³-hybridized carbons (Fsp3) is 0.190. The minimum Gasteiger partial charge on any atom is -0.322 e. The van der Waals surface area contributed by atoms with Crippen LogP contribution in [-0.2, 0) is 14.4 Å². The van der Waals surface area contributed by atoms with Crippen molar-refractivity contribution in [1.29, 1.82) is 0 Å². The van der Waals surface area contributed by atoms with Crippen molar-refractivity contribution in [2.45, 2.75) is 19.3 Å². The molecule has 27 heavy (non-hydrogen) atoms. The summed E-state index contributed by atoms with van der Waals surface area (Å²) in [5, 5.41) is 2.49. The summed E-state index contributed by atoms with van der Waals surface area (Å²) in [4.78, 5) is 36.0. The molecule has 1 aliphatic carbocycles. The summed E-state index contributed by atoms with van der Waals surface area (Å²) in [5.41, 5.74) is 6.77. The van der Waals surface area contributed by atoms with E-state index in [1.807, 2.05) is 60.7 Å². The summed E-state index contributed by atoms with van der Waals surface area (Å²) in [6.07, 6.45) is 2.30. The summed E-state index contributed by atoms with van der Waals surface area (Å²) < 4.78 is 0. The number of nitrogens with one attached hydrogen (secondary N) is 3. The SMILES string of the molecule is CC(=O)N/C(=C\c1ccccc1)C(=O)NNC(=O)[C@@H]1C[C@@H]1c1ccccc1. The normalized spacial score (nSPS) is 18.3. The van der Waals surface area contributed by atoms with Gasteiger partial charge in [0.1, 0.15) is 5.70 Å². The maximum absolute atomic E-state index is 12.4. The van der Waals surface area contributed by atoms with Gasteiger partial charge in [-0.05, 0) is 29.5 Å². The van der Waals surface area contributed by atoms with Crippen molar-refractivity contribution in [2.75, 3.05) is 0 Å². The Labute approximate surface area is 157 Å². The fourth-order valence-electron chi connectivity index (χ4n) is 2.90. The van der Waals surface area contributed by atoms with Crippen LogP contribution in [0.25, 0.3) is 6.08 Å². The molecule has 0 aliphatic heterocycles. The summed E-state index contributed by atoms with van der Waals surface area (Å²) in [6, 6.07) is 18.9. The molecule has 2 atom stereocenters. The first-order chi connectivity index (χ1) is 13.0. The van der Waals surface area contributed by atoms with Crippen molar-refractivity contribution in [3.8, 4) is 0 Å². The summed E-state index contributed by atoms with van der Waals surface area (Å²) >= 11 is 0. The van der Waals surface area contributed by atoms with E-state index in [1.54, 1.807) is 6.08 Å². The third kappa shape index (κ3) is 5.04. The molecule has 6 nitrogen and oxygen atoms in total. The molecule has 1 aliphatic rings. The molecule has 0 saturated heterocycles. The van der Waals surface area contributed by atoms with Crippen LogP contribution in [0.1, 0.15) is 30.4 Å². The van der Waals surface area contributed by atoms with E-state index in [9.17, 15) is 14.4 Å². The molecular weight excluding hydrogens is 342 g/mol. The lowest BCUT2D eigenvalue weighted by molar-refractivity contribution is -0.128. The smallest absolute Gasteiger partial charge is 0.286 e. The quantitative estimate of drug-likeness (QED) is 0.562. The van der Waals surface area contributed by atoms with Gasteiger partial charge < -0.3 is 5.32 Å². The molecule has 0 radical (unpaired) electrons. The van der Waals surface area contributed by atoms with Crippen LogP contribution in [0.2, 0.25) is 0 Å². The average molecular weight is 363 g/mol. The predicted molar refractivity (Wildman–Crippen MR) is 102 cm³/mol. The van der Waals surface area contributed by atoms with Crippen LogP contribution < -0.4 is 16.2 Å². The van der Waals surface area contributed by atoms with Crippen LogP contribution in [0.5, 0.6) is 0 Å². The van der Waals surface area contributed by atoms with Gasteiger partial charge in [-0.2, -0.15) is 0 Å². The van der Waals surface area contributed by atoms with Crippen LogP contribution in [0.3, 0.4) is 0 Å². The van der Waals surface area contributed by atoms with Crippen molar-refractivity contribution < 1.29 is 14.4 Å². The average Bonchev–Trinajstić information content (AvgIpc) is 3.47. The Morgan fingerprint density at radius 1 is 0.926 bits per heavy atom. The molecule has 3 N–H and O–H groups in total. The molecule has 2 aromatic carbocycles.